The van der Waals surface area contributed by atoms with Crippen LogP contribution in [0.25, 0.3) is 0 Å². The van der Waals surface area contributed by atoms with Crippen molar-refractivity contribution in [1.82, 2.24) is 4.31 Å². The number of carbonyl (C=O) groups is 1. The molecule has 0 saturated carbocycles. The zero-order chi connectivity index (χ0) is 16.3. The van der Waals surface area contributed by atoms with E-state index in [9.17, 15) is 13.2 Å². The normalized spacial score (nSPS) is 11.6. The van der Waals surface area contributed by atoms with E-state index in [1.165, 1.54) is 41.7 Å². The van der Waals surface area contributed by atoms with Crippen LogP contribution >= 0.6 is 22.9 Å². The van der Waals surface area contributed by atoms with E-state index in [0.717, 1.165) is 4.88 Å². The summed E-state index contributed by atoms with van der Waals surface area (Å²) in [5, 5.41) is 2.59. The predicted octanol–water partition coefficient (Wildman–Crippen LogP) is 3.18. The van der Waals surface area contributed by atoms with Crippen molar-refractivity contribution in [3.63, 3.8) is 0 Å². The summed E-state index contributed by atoms with van der Waals surface area (Å²) >= 11 is 7.20. The zero-order valence-electron chi connectivity index (χ0n) is 12.0. The van der Waals surface area contributed by atoms with Gasteiger partial charge in [-0.05, 0) is 36.4 Å². The second-order valence-electron chi connectivity index (χ2n) is 4.67. The minimum Gasteiger partial charge on any atom is -0.326 e. The predicted molar refractivity (Wildman–Crippen MR) is 88.7 cm³/mol. The second kappa shape index (κ2) is 6.78. The molecule has 1 amide bonds. The molecule has 2 aromatic rings. The molecule has 2 rings (SSSR count). The average molecular weight is 359 g/mol. The summed E-state index contributed by atoms with van der Waals surface area (Å²) in [4.78, 5) is 12.0. The van der Waals surface area contributed by atoms with Crippen LogP contribution in [-0.4, -0.2) is 25.7 Å². The van der Waals surface area contributed by atoms with Crippen molar-refractivity contribution < 1.29 is 13.2 Å². The Morgan fingerprint density at radius 1 is 1.23 bits per heavy atom. The number of rotatable bonds is 5. The Hall–Kier alpha value is -1.41. The SMILES string of the molecule is CC(=O)Nc1ccc(S(=O)(=O)N(C)Cc2ccc(Cl)s2)cc1. The van der Waals surface area contributed by atoms with E-state index < -0.39 is 10.0 Å². The monoisotopic (exact) mass is 358 g/mol. The molecule has 0 aliphatic rings. The van der Waals surface area contributed by atoms with Crippen LogP contribution in [0.2, 0.25) is 4.34 Å². The van der Waals surface area contributed by atoms with E-state index in [1.807, 2.05) is 0 Å². The Bertz CT molecular complexity index is 770. The van der Waals surface area contributed by atoms with Crippen LogP contribution in [0.5, 0.6) is 0 Å². The van der Waals surface area contributed by atoms with Gasteiger partial charge in [0.15, 0.2) is 0 Å². The largest absolute Gasteiger partial charge is 0.326 e. The van der Waals surface area contributed by atoms with Gasteiger partial charge in [-0.3, -0.25) is 4.79 Å². The highest BCUT2D eigenvalue weighted by Gasteiger charge is 2.21. The number of hydrogen-bond acceptors (Lipinski definition) is 4. The van der Waals surface area contributed by atoms with Gasteiger partial charge in [-0.1, -0.05) is 11.6 Å². The first-order valence-electron chi connectivity index (χ1n) is 6.37. The highest BCUT2D eigenvalue weighted by atomic mass is 35.5. The second-order valence-corrected chi connectivity index (χ2v) is 8.52. The maximum absolute atomic E-state index is 12.5. The molecule has 0 spiro atoms. The van der Waals surface area contributed by atoms with Crippen LogP contribution in [0.3, 0.4) is 0 Å². The molecular weight excluding hydrogens is 344 g/mol. The Kier molecular flexibility index (Phi) is 5.23. The molecular formula is C14H15ClN2O3S2. The molecule has 5 nitrogen and oxygen atoms in total. The highest BCUT2D eigenvalue weighted by Crippen LogP contribution is 2.25. The van der Waals surface area contributed by atoms with E-state index in [4.69, 9.17) is 11.6 Å². The Morgan fingerprint density at radius 2 is 1.86 bits per heavy atom. The number of nitrogens with zero attached hydrogens (tertiary/aromatic N) is 1. The fourth-order valence-electron chi connectivity index (χ4n) is 1.83. The van der Waals surface area contributed by atoms with Crippen molar-refractivity contribution in [2.75, 3.05) is 12.4 Å². The third-order valence-corrected chi connectivity index (χ3v) is 5.92. The van der Waals surface area contributed by atoms with Gasteiger partial charge in [0.1, 0.15) is 0 Å². The molecule has 0 aliphatic carbocycles. The number of amides is 1. The van der Waals surface area contributed by atoms with Crippen molar-refractivity contribution in [3.8, 4) is 0 Å². The lowest BCUT2D eigenvalue weighted by molar-refractivity contribution is -0.114. The molecule has 8 heteroatoms. The molecule has 0 fully saturated rings. The standard InChI is InChI=1S/C14H15ClN2O3S2/c1-10(18)16-11-3-6-13(7-4-11)22(19,20)17(2)9-12-5-8-14(15)21-12/h3-8H,9H2,1-2H3,(H,16,18). The first-order valence-corrected chi connectivity index (χ1v) is 9.00. The molecule has 0 radical (unpaired) electrons. The van der Waals surface area contributed by atoms with Crippen molar-refractivity contribution >= 4 is 44.6 Å². The molecule has 1 N–H and O–H groups in total. The molecule has 0 bridgehead atoms. The molecule has 1 aromatic carbocycles. The van der Waals surface area contributed by atoms with Crippen LogP contribution < -0.4 is 5.32 Å². The number of anilines is 1. The van der Waals surface area contributed by atoms with Crippen molar-refractivity contribution in [2.24, 2.45) is 0 Å². The van der Waals surface area contributed by atoms with E-state index in [1.54, 1.807) is 24.3 Å². The molecule has 22 heavy (non-hydrogen) atoms. The Labute approximate surface area is 138 Å². The summed E-state index contributed by atoms with van der Waals surface area (Å²) in [6.45, 7) is 1.65. The van der Waals surface area contributed by atoms with Crippen molar-refractivity contribution in [2.45, 2.75) is 18.4 Å². The van der Waals surface area contributed by atoms with Gasteiger partial charge in [0.05, 0.1) is 9.23 Å². The van der Waals surface area contributed by atoms with Crippen molar-refractivity contribution in [3.05, 3.63) is 45.6 Å². The Balaban J connectivity index is 2.16. The number of thiophene rings is 1. The molecule has 0 saturated heterocycles. The van der Waals surface area contributed by atoms with Crippen LogP contribution in [0.4, 0.5) is 5.69 Å². The van der Waals surface area contributed by atoms with E-state index >= 15 is 0 Å². The first-order chi connectivity index (χ1) is 10.3. The van der Waals surface area contributed by atoms with Gasteiger partial charge in [-0.15, -0.1) is 11.3 Å². The number of carbonyl (C=O) groups excluding carboxylic acids is 1. The summed E-state index contributed by atoms with van der Waals surface area (Å²) in [6, 6.07) is 9.61. The fraction of sp³-hybridized carbons (Fsp3) is 0.214. The number of benzene rings is 1. The quantitative estimate of drug-likeness (QED) is 0.892. The Morgan fingerprint density at radius 3 is 2.36 bits per heavy atom. The number of hydrogen-bond donors (Lipinski definition) is 1. The molecule has 0 unspecified atom stereocenters. The van der Waals surface area contributed by atoms with Gasteiger partial charge in [0.2, 0.25) is 15.9 Å². The molecule has 1 aromatic heterocycles. The van der Waals surface area contributed by atoms with E-state index in [2.05, 4.69) is 5.32 Å². The first kappa shape index (κ1) is 17.0. The van der Waals surface area contributed by atoms with Crippen LogP contribution in [-0.2, 0) is 21.4 Å². The lowest BCUT2D eigenvalue weighted by Gasteiger charge is -2.16. The smallest absolute Gasteiger partial charge is 0.243 e. The third-order valence-electron chi connectivity index (χ3n) is 2.89. The molecule has 0 atom stereocenters. The summed E-state index contributed by atoms with van der Waals surface area (Å²) in [6.07, 6.45) is 0. The fourth-order valence-corrected chi connectivity index (χ4v) is 4.21. The number of sulfonamides is 1. The van der Waals surface area contributed by atoms with Crippen LogP contribution in [0, 0.1) is 0 Å². The number of halogens is 1. The van der Waals surface area contributed by atoms with Crippen LogP contribution in [0.15, 0.2) is 41.3 Å². The average Bonchev–Trinajstić information content (AvgIpc) is 2.84. The highest BCUT2D eigenvalue weighted by molar-refractivity contribution is 7.89. The summed E-state index contributed by atoms with van der Waals surface area (Å²) in [7, 11) is -2.07. The molecule has 0 aliphatic heterocycles. The lowest BCUT2D eigenvalue weighted by atomic mass is 10.3. The van der Waals surface area contributed by atoms with Gasteiger partial charge >= 0.3 is 0 Å². The third kappa shape index (κ3) is 4.07. The number of nitrogens with one attached hydrogen (secondary N) is 1. The summed E-state index contributed by atoms with van der Waals surface area (Å²) in [5.74, 6) is -0.206. The maximum atomic E-state index is 12.5. The van der Waals surface area contributed by atoms with E-state index in [-0.39, 0.29) is 17.3 Å². The van der Waals surface area contributed by atoms with Gasteiger partial charge in [0, 0.05) is 31.1 Å². The molecule has 1 heterocycles. The van der Waals surface area contributed by atoms with Crippen LogP contribution in [0.1, 0.15) is 11.8 Å². The van der Waals surface area contributed by atoms with E-state index in [0.29, 0.717) is 10.0 Å². The zero-order valence-corrected chi connectivity index (χ0v) is 14.4. The summed E-state index contributed by atoms with van der Waals surface area (Å²) in [5.41, 5.74) is 0.555. The lowest BCUT2D eigenvalue weighted by Crippen LogP contribution is -2.26. The maximum Gasteiger partial charge on any atom is 0.243 e. The summed E-state index contributed by atoms with van der Waals surface area (Å²) < 4.78 is 26.9. The topological polar surface area (TPSA) is 66.5 Å². The minimum absolute atomic E-state index is 0.173. The van der Waals surface area contributed by atoms with Gasteiger partial charge in [0.25, 0.3) is 0 Å². The van der Waals surface area contributed by atoms with Gasteiger partial charge in [-0.2, -0.15) is 4.31 Å². The molecule has 118 valence electrons. The van der Waals surface area contributed by atoms with Gasteiger partial charge < -0.3 is 5.32 Å². The minimum atomic E-state index is -3.59. The van der Waals surface area contributed by atoms with Gasteiger partial charge in [-0.25, -0.2) is 8.42 Å². The van der Waals surface area contributed by atoms with Crippen molar-refractivity contribution in [1.29, 1.82) is 0 Å².